The molecule has 7 nitrogen and oxygen atoms in total. The number of carboxylic acid groups (broad SMARTS) is 1. The molecule has 2 aromatic heterocycles. The quantitative estimate of drug-likeness (QED) is 0.917. The van der Waals surface area contributed by atoms with E-state index in [2.05, 4.69) is 26.1 Å². The third-order valence-electron chi connectivity index (χ3n) is 6.04. The number of fused-ring (bicyclic) bond motifs is 2. The largest absolute Gasteiger partial charge is 0.481 e. The van der Waals surface area contributed by atoms with Crippen LogP contribution in [0.5, 0.6) is 0 Å². The van der Waals surface area contributed by atoms with Crippen molar-refractivity contribution in [2.75, 3.05) is 29.4 Å². The van der Waals surface area contributed by atoms with Crippen molar-refractivity contribution >= 4 is 23.3 Å². The molecule has 1 aliphatic carbocycles. The second kappa shape index (κ2) is 4.84. The van der Waals surface area contributed by atoms with Gasteiger partial charge < -0.3 is 19.3 Å². The number of hydrogen-bond acceptors (Lipinski definition) is 5. The van der Waals surface area contributed by atoms with Crippen LogP contribution in [0.4, 0.5) is 11.6 Å². The molecule has 0 bridgehead atoms. The van der Waals surface area contributed by atoms with Gasteiger partial charge >= 0.3 is 5.97 Å². The number of anilines is 2. The summed E-state index contributed by atoms with van der Waals surface area (Å²) < 4.78 is 2.06. The van der Waals surface area contributed by atoms with Crippen LogP contribution in [0, 0.1) is 17.8 Å². The third-order valence-corrected chi connectivity index (χ3v) is 6.04. The standard InChI is InChI=1S/C17H21N5O2/c1-10-2-4-22(10)17-16-18-3-5-20(16)9-14(19-17)21-7-12-11(6-15(23)24)13(12)8-21/h3,5,9-13H,2,4,6-8H2,1H3,(H,23,24)/t10-,11?,12-,13+/m0/s1. The Morgan fingerprint density at radius 2 is 2.17 bits per heavy atom. The summed E-state index contributed by atoms with van der Waals surface area (Å²) in [5, 5.41) is 8.97. The van der Waals surface area contributed by atoms with Crippen LogP contribution in [0.15, 0.2) is 18.6 Å². The fourth-order valence-corrected chi connectivity index (χ4v) is 4.42. The summed E-state index contributed by atoms with van der Waals surface area (Å²) in [6, 6.07) is 0.514. The van der Waals surface area contributed by atoms with E-state index in [9.17, 15) is 4.79 Å². The Morgan fingerprint density at radius 1 is 1.38 bits per heavy atom. The lowest BCUT2D eigenvalue weighted by Crippen LogP contribution is -2.46. The molecule has 0 aromatic carbocycles. The monoisotopic (exact) mass is 327 g/mol. The maximum atomic E-state index is 10.9. The lowest BCUT2D eigenvalue weighted by atomic mass is 10.1. The fourth-order valence-electron chi connectivity index (χ4n) is 4.42. The molecular formula is C17H21N5O2. The molecule has 0 amide bonds. The average Bonchev–Trinajstić information content (AvgIpc) is 2.98. The Balaban J connectivity index is 1.41. The molecule has 2 aliphatic heterocycles. The van der Waals surface area contributed by atoms with Gasteiger partial charge in [0.05, 0.1) is 6.20 Å². The summed E-state index contributed by atoms with van der Waals surface area (Å²) in [7, 11) is 0. The summed E-state index contributed by atoms with van der Waals surface area (Å²) in [6.45, 7) is 5.10. The van der Waals surface area contributed by atoms with E-state index in [0.29, 0.717) is 30.2 Å². The topological polar surface area (TPSA) is 74.0 Å². The van der Waals surface area contributed by atoms with Crippen LogP contribution >= 0.6 is 0 Å². The molecule has 3 aliphatic rings. The van der Waals surface area contributed by atoms with E-state index < -0.39 is 5.97 Å². The minimum absolute atomic E-state index is 0.313. The molecule has 1 unspecified atom stereocenters. The highest BCUT2D eigenvalue weighted by molar-refractivity contribution is 5.69. The Hall–Kier alpha value is -2.31. The van der Waals surface area contributed by atoms with Gasteiger partial charge in [0.25, 0.3) is 0 Å². The van der Waals surface area contributed by atoms with Gasteiger partial charge in [-0.05, 0) is 31.1 Å². The molecule has 5 rings (SSSR count). The predicted molar refractivity (Wildman–Crippen MR) is 89.3 cm³/mol. The van der Waals surface area contributed by atoms with Gasteiger partial charge in [0, 0.05) is 44.5 Å². The predicted octanol–water partition coefficient (Wildman–Crippen LogP) is 1.48. The Kier molecular flexibility index (Phi) is 2.84. The van der Waals surface area contributed by atoms with E-state index >= 15 is 0 Å². The van der Waals surface area contributed by atoms with Crippen LogP contribution in [0.25, 0.3) is 5.65 Å². The molecule has 3 fully saturated rings. The van der Waals surface area contributed by atoms with Crippen molar-refractivity contribution < 1.29 is 9.90 Å². The zero-order chi connectivity index (χ0) is 16.4. The van der Waals surface area contributed by atoms with Gasteiger partial charge in [-0.1, -0.05) is 0 Å². The van der Waals surface area contributed by atoms with Gasteiger partial charge in [0.2, 0.25) is 0 Å². The maximum Gasteiger partial charge on any atom is 0.303 e. The number of piperidine rings is 1. The normalized spacial score (nSPS) is 31.2. The molecule has 24 heavy (non-hydrogen) atoms. The van der Waals surface area contributed by atoms with Crippen molar-refractivity contribution in [2.45, 2.75) is 25.8 Å². The molecule has 1 saturated carbocycles. The molecule has 4 heterocycles. The second-order valence-electron chi connectivity index (χ2n) is 7.41. The van der Waals surface area contributed by atoms with E-state index in [0.717, 1.165) is 36.9 Å². The summed E-state index contributed by atoms with van der Waals surface area (Å²) in [5.74, 6) is 2.69. The van der Waals surface area contributed by atoms with Crippen molar-refractivity contribution in [1.29, 1.82) is 0 Å². The van der Waals surface area contributed by atoms with E-state index in [-0.39, 0.29) is 0 Å². The minimum Gasteiger partial charge on any atom is -0.481 e. The van der Waals surface area contributed by atoms with Crippen LogP contribution in [0.2, 0.25) is 0 Å². The Bertz CT molecular complexity index is 806. The summed E-state index contributed by atoms with van der Waals surface area (Å²) in [5.41, 5.74) is 0.915. The van der Waals surface area contributed by atoms with Crippen molar-refractivity contribution in [3.8, 4) is 0 Å². The Morgan fingerprint density at radius 3 is 2.79 bits per heavy atom. The fraction of sp³-hybridized carbons (Fsp3) is 0.588. The zero-order valence-corrected chi connectivity index (χ0v) is 13.7. The smallest absolute Gasteiger partial charge is 0.303 e. The highest BCUT2D eigenvalue weighted by Crippen LogP contribution is 2.54. The first-order chi connectivity index (χ1) is 11.6. The molecular weight excluding hydrogens is 306 g/mol. The number of nitrogens with zero attached hydrogens (tertiary/aromatic N) is 5. The minimum atomic E-state index is -0.673. The van der Waals surface area contributed by atoms with Crippen LogP contribution < -0.4 is 9.80 Å². The Labute approximate surface area is 139 Å². The van der Waals surface area contributed by atoms with Crippen LogP contribution in [-0.2, 0) is 4.79 Å². The first-order valence-electron chi connectivity index (χ1n) is 8.69. The SMILES string of the molecule is C[C@H]1CCN1c1nc(N2C[C@@H]3C(CC(=O)O)[C@@H]3C2)cn2ccnc12. The molecule has 4 atom stereocenters. The number of carboxylic acids is 1. The molecule has 2 aromatic rings. The number of aromatic nitrogens is 3. The first kappa shape index (κ1) is 14.1. The molecule has 0 radical (unpaired) electrons. The van der Waals surface area contributed by atoms with E-state index in [1.54, 1.807) is 0 Å². The number of hydrogen-bond donors (Lipinski definition) is 1. The highest BCUT2D eigenvalue weighted by atomic mass is 16.4. The summed E-state index contributed by atoms with van der Waals surface area (Å²) in [4.78, 5) is 24.9. The zero-order valence-electron chi connectivity index (χ0n) is 13.7. The second-order valence-corrected chi connectivity index (χ2v) is 7.41. The van der Waals surface area contributed by atoms with Crippen molar-refractivity contribution in [3.05, 3.63) is 18.6 Å². The van der Waals surface area contributed by atoms with Gasteiger partial charge in [-0.2, -0.15) is 0 Å². The van der Waals surface area contributed by atoms with Gasteiger partial charge in [-0.15, -0.1) is 0 Å². The van der Waals surface area contributed by atoms with E-state index in [4.69, 9.17) is 10.1 Å². The summed E-state index contributed by atoms with van der Waals surface area (Å²) in [6.07, 6.45) is 7.35. The lowest BCUT2D eigenvalue weighted by molar-refractivity contribution is -0.137. The molecule has 7 heteroatoms. The lowest BCUT2D eigenvalue weighted by Gasteiger charge is -2.40. The van der Waals surface area contributed by atoms with Gasteiger partial charge in [0.15, 0.2) is 11.5 Å². The van der Waals surface area contributed by atoms with Crippen LogP contribution in [0.3, 0.4) is 0 Å². The average molecular weight is 327 g/mol. The van der Waals surface area contributed by atoms with Crippen LogP contribution in [-0.4, -0.2) is 51.1 Å². The highest BCUT2D eigenvalue weighted by Gasteiger charge is 2.56. The maximum absolute atomic E-state index is 10.9. The number of carbonyl (C=O) groups is 1. The summed E-state index contributed by atoms with van der Waals surface area (Å²) >= 11 is 0. The number of aliphatic carboxylic acids is 1. The van der Waals surface area contributed by atoms with E-state index in [1.807, 2.05) is 18.6 Å². The van der Waals surface area contributed by atoms with Crippen molar-refractivity contribution in [1.82, 2.24) is 14.4 Å². The number of imidazole rings is 1. The third kappa shape index (κ3) is 2.00. The first-order valence-corrected chi connectivity index (χ1v) is 8.69. The molecule has 126 valence electrons. The van der Waals surface area contributed by atoms with Crippen molar-refractivity contribution in [2.24, 2.45) is 17.8 Å². The van der Waals surface area contributed by atoms with Gasteiger partial charge in [0.1, 0.15) is 5.82 Å². The van der Waals surface area contributed by atoms with Crippen molar-refractivity contribution in [3.63, 3.8) is 0 Å². The van der Waals surface area contributed by atoms with Gasteiger partial charge in [-0.25, -0.2) is 9.97 Å². The van der Waals surface area contributed by atoms with Gasteiger partial charge in [-0.3, -0.25) is 4.79 Å². The van der Waals surface area contributed by atoms with E-state index in [1.165, 1.54) is 6.42 Å². The molecule has 1 N–H and O–H groups in total. The molecule has 2 saturated heterocycles. The van der Waals surface area contributed by atoms with Crippen LogP contribution in [0.1, 0.15) is 19.8 Å². The molecule has 0 spiro atoms. The number of rotatable bonds is 4.